The molecule has 0 bridgehead atoms. The van der Waals surface area contributed by atoms with Gasteiger partial charge in [-0.2, -0.15) is 4.98 Å². The zero-order valence-electron chi connectivity index (χ0n) is 13.6. The van der Waals surface area contributed by atoms with Gasteiger partial charge in [0.05, 0.1) is 6.04 Å². The first-order valence-corrected chi connectivity index (χ1v) is 8.27. The molecular formula is C17H19N5O2. The van der Waals surface area contributed by atoms with Crippen LogP contribution in [0.15, 0.2) is 35.1 Å². The molecule has 4 heterocycles. The van der Waals surface area contributed by atoms with Gasteiger partial charge in [0, 0.05) is 25.9 Å². The Kier molecular flexibility index (Phi) is 3.76. The van der Waals surface area contributed by atoms with Gasteiger partial charge in [0.1, 0.15) is 11.3 Å². The van der Waals surface area contributed by atoms with E-state index in [1.165, 1.54) is 0 Å². The van der Waals surface area contributed by atoms with Crippen molar-refractivity contribution in [1.29, 1.82) is 0 Å². The first-order chi connectivity index (χ1) is 11.7. The van der Waals surface area contributed by atoms with E-state index in [0.29, 0.717) is 24.0 Å². The number of amides is 1. The second-order valence-electron chi connectivity index (χ2n) is 6.13. The molecule has 0 aliphatic carbocycles. The summed E-state index contributed by atoms with van der Waals surface area (Å²) in [5.41, 5.74) is 1.22. The molecule has 1 aliphatic heterocycles. The number of imidazole rings is 1. The molecule has 3 aromatic rings. The third-order valence-electron chi connectivity index (χ3n) is 4.44. The number of nitrogens with zero attached hydrogens (tertiary/aromatic N) is 5. The fraction of sp³-hybridized carbons (Fsp3) is 0.412. The summed E-state index contributed by atoms with van der Waals surface area (Å²) in [5, 5.41) is 4.04. The fourth-order valence-corrected chi connectivity index (χ4v) is 3.25. The quantitative estimate of drug-likeness (QED) is 0.724. The molecule has 0 radical (unpaired) electrons. The third kappa shape index (κ3) is 2.66. The molecule has 1 atom stereocenters. The van der Waals surface area contributed by atoms with Crippen LogP contribution >= 0.6 is 0 Å². The van der Waals surface area contributed by atoms with E-state index in [0.717, 1.165) is 31.3 Å². The highest BCUT2D eigenvalue weighted by Crippen LogP contribution is 2.29. The Morgan fingerprint density at radius 2 is 2.17 bits per heavy atom. The highest BCUT2D eigenvalue weighted by molar-refractivity contribution is 5.93. The second-order valence-corrected chi connectivity index (χ2v) is 6.13. The molecule has 0 saturated carbocycles. The minimum Gasteiger partial charge on any atom is -0.340 e. The molecule has 124 valence electrons. The number of hydrogen-bond acceptors (Lipinski definition) is 5. The van der Waals surface area contributed by atoms with Gasteiger partial charge in [-0.3, -0.25) is 4.79 Å². The van der Waals surface area contributed by atoms with Crippen LogP contribution in [0.4, 0.5) is 0 Å². The number of likely N-dealkylation sites (tertiary alicyclic amines) is 1. The Hall–Kier alpha value is -2.70. The van der Waals surface area contributed by atoms with Gasteiger partial charge < -0.3 is 13.8 Å². The molecule has 1 fully saturated rings. The van der Waals surface area contributed by atoms with E-state index in [-0.39, 0.29) is 11.9 Å². The predicted octanol–water partition coefficient (Wildman–Crippen LogP) is 2.78. The SMILES string of the molecule is Cc1nc([C@@H]2CCCCCN2C(=O)c2cn3ccccc3n2)no1. The zero-order chi connectivity index (χ0) is 16.5. The average Bonchev–Trinajstić information content (AvgIpc) is 3.13. The van der Waals surface area contributed by atoms with E-state index < -0.39 is 0 Å². The molecule has 1 aliphatic rings. The lowest BCUT2D eigenvalue weighted by molar-refractivity contribution is 0.0665. The van der Waals surface area contributed by atoms with Crippen molar-refractivity contribution in [3.05, 3.63) is 48.0 Å². The normalized spacial score (nSPS) is 18.7. The van der Waals surface area contributed by atoms with Crippen molar-refractivity contribution in [3.8, 4) is 0 Å². The summed E-state index contributed by atoms with van der Waals surface area (Å²) in [6.07, 6.45) is 7.64. The van der Waals surface area contributed by atoms with Crippen LogP contribution in [0.25, 0.3) is 5.65 Å². The van der Waals surface area contributed by atoms with Crippen LogP contribution in [0.3, 0.4) is 0 Å². The summed E-state index contributed by atoms with van der Waals surface area (Å²) in [5.74, 6) is 1.04. The van der Waals surface area contributed by atoms with E-state index in [2.05, 4.69) is 15.1 Å². The van der Waals surface area contributed by atoms with Crippen LogP contribution in [0, 0.1) is 6.92 Å². The van der Waals surface area contributed by atoms with Crippen LogP contribution in [-0.2, 0) is 0 Å². The number of hydrogen-bond donors (Lipinski definition) is 0. The van der Waals surface area contributed by atoms with Gasteiger partial charge >= 0.3 is 0 Å². The van der Waals surface area contributed by atoms with Crippen molar-refractivity contribution in [3.63, 3.8) is 0 Å². The molecule has 7 nitrogen and oxygen atoms in total. The minimum atomic E-state index is -0.151. The van der Waals surface area contributed by atoms with Gasteiger partial charge in [-0.1, -0.05) is 24.1 Å². The first kappa shape index (κ1) is 14.9. The Morgan fingerprint density at radius 1 is 1.25 bits per heavy atom. The third-order valence-corrected chi connectivity index (χ3v) is 4.44. The molecular weight excluding hydrogens is 306 g/mol. The van der Waals surface area contributed by atoms with Crippen molar-refractivity contribution in [2.75, 3.05) is 6.54 Å². The highest BCUT2D eigenvalue weighted by Gasteiger charge is 2.31. The predicted molar refractivity (Wildman–Crippen MR) is 86.5 cm³/mol. The molecule has 4 rings (SSSR count). The smallest absolute Gasteiger partial charge is 0.274 e. The number of aromatic nitrogens is 4. The Morgan fingerprint density at radius 3 is 2.96 bits per heavy atom. The zero-order valence-corrected chi connectivity index (χ0v) is 13.6. The molecule has 7 heteroatoms. The number of fused-ring (bicyclic) bond motifs is 1. The first-order valence-electron chi connectivity index (χ1n) is 8.27. The van der Waals surface area contributed by atoms with Crippen molar-refractivity contribution in [2.45, 2.75) is 38.6 Å². The number of rotatable bonds is 2. The van der Waals surface area contributed by atoms with E-state index in [4.69, 9.17) is 4.52 Å². The van der Waals surface area contributed by atoms with Crippen LogP contribution in [0.1, 0.15) is 53.9 Å². The van der Waals surface area contributed by atoms with Crippen LogP contribution in [0.2, 0.25) is 0 Å². The standard InChI is InChI=1S/C17H19N5O2/c1-12-18-16(20-24-12)14-7-3-2-5-10-22(14)17(23)13-11-21-9-6-4-8-15(21)19-13/h4,6,8-9,11,14H,2-3,5,7,10H2,1H3/t14-/m0/s1. The summed E-state index contributed by atoms with van der Waals surface area (Å²) in [6, 6.07) is 5.56. The summed E-state index contributed by atoms with van der Waals surface area (Å²) < 4.78 is 6.98. The van der Waals surface area contributed by atoms with Crippen LogP contribution in [-0.4, -0.2) is 36.9 Å². The largest absolute Gasteiger partial charge is 0.340 e. The summed E-state index contributed by atoms with van der Waals surface area (Å²) in [4.78, 5) is 23.7. The monoisotopic (exact) mass is 325 g/mol. The maximum Gasteiger partial charge on any atom is 0.274 e. The average molecular weight is 325 g/mol. The Bertz CT molecular complexity index is 836. The number of aryl methyl sites for hydroxylation is 1. The van der Waals surface area contributed by atoms with Gasteiger partial charge in [0.25, 0.3) is 5.91 Å². The van der Waals surface area contributed by atoms with Gasteiger partial charge in [-0.15, -0.1) is 0 Å². The molecule has 1 saturated heterocycles. The molecule has 0 spiro atoms. The summed E-state index contributed by atoms with van der Waals surface area (Å²) in [7, 11) is 0. The minimum absolute atomic E-state index is 0.0759. The fourth-order valence-electron chi connectivity index (χ4n) is 3.25. The van der Waals surface area contributed by atoms with Crippen molar-refractivity contribution in [2.24, 2.45) is 0 Å². The molecule has 0 aromatic carbocycles. The van der Waals surface area contributed by atoms with Gasteiger partial charge in [-0.25, -0.2) is 4.98 Å². The van der Waals surface area contributed by atoms with E-state index in [9.17, 15) is 4.79 Å². The van der Waals surface area contributed by atoms with E-state index in [1.807, 2.05) is 33.7 Å². The lowest BCUT2D eigenvalue weighted by Gasteiger charge is -2.27. The van der Waals surface area contributed by atoms with Crippen molar-refractivity contribution >= 4 is 11.6 Å². The summed E-state index contributed by atoms with van der Waals surface area (Å²) >= 11 is 0. The van der Waals surface area contributed by atoms with Crippen molar-refractivity contribution < 1.29 is 9.32 Å². The number of pyridine rings is 1. The number of carbonyl (C=O) groups excluding carboxylic acids is 1. The lowest BCUT2D eigenvalue weighted by atomic mass is 10.1. The van der Waals surface area contributed by atoms with Gasteiger partial charge in [0.2, 0.25) is 5.89 Å². The molecule has 0 N–H and O–H groups in total. The molecule has 3 aromatic heterocycles. The van der Waals surface area contributed by atoms with E-state index in [1.54, 1.807) is 13.1 Å². The van der Waals surface area contributed by atoms with Gasteiger partial charge in [0.15, 0.2) is 5.82 Å². The second kappa shape index (κ2) is 6.07. The number of carbonyl (C=O) groups is 1. The van der Waals surface area contributed by atoms with Gasteiger partial charge in [-0.05, 0) is 25.0 Å². The molecule has 1 amide bonds. The van der Waals surface area contributed by atoms with Crippen molar-refractivity contribution in [1.82, 2.24) is 24.4 Å². The maximum atomic E-state index is 13.1. The summed E-state index contributed by atoms with van der Waals surface area (Å²) in [6.45, 7) is 2.45. The molecule has 0 unspecified atom stereocenters. The van der Waals surface area contributed by atoms with E-state index >= 15 is 0 Å². The Balaban J connectivity index is 1.68. The Labute approximate surface area is 139 Å². The highest BCUT2D eigenvalue weighted by atomic mass is 16.5. The topological polar surface area (TPSA) is 76.5 Å². The lowest BCUT2D eigenvalue weighted by Crippen LogP contribution is -2.35. The van der Waals surface area contributed by atoms with Crippen LogP contribution in [0.5, 0.6) is 0 Å². The molecule has 24 heavy (non-hydrogen) atoms. The maximum absolute atomic E-state index is 13.1. The van der Waals surface area contributed by atoms with Crippen LogP contribution < -0.4 is 0 Å².